The number of hydrogen-bond acceptors (Lipinski definition) is 3. The van der Waals surface area contributed by atoms with E-state index >= 15 is 0 Å². The van der Waals surface area contributed by atoms with E-state index in [1.54, 1.807) is 24.3 Å². The molecule has 0 radical (unpaired) electrons. The van der Waals surface area contributed by atoms with Crippen LogP contribution in [-0.2, 0) is 4.79 Å². The van der Waals surface area contributed by atoms with Gasteiger partial charge in [-0.2, -0.15) is 0 Å². The van der Waals surface area contributed by atoms with E-state index in [1.807, 2.05) is 30.1 Å². The number of piperazine rings is 1. The van der Waals surface area contributed by atoms with Crippen molar-refractivity contribution in [2.45, 2.75) is 19.0 Å². The van der Waals surface area contributed by atoms with E-state index in [9.17, 15) is 13.6 Å². The second kappa shape index (κ2) is 10.9. The third kappa shape index (κ3) is 5.69. The minimum atomic E-state index is -0.286. The van der Waals surface area contributed by atoms with Gasteiger partial charge in [0.25, 0.3) is 0 Å². The summed E-state index contributed by atoms with van der Waals surface area (Å²) in [5.41, 5.74) is 3.08. The predicted octanol–water partition coefficient (Wildman–Crippen LogP) is 4.89. The number of carbonyl (C=O) groups excluding carboxylic acids is 1. The Morgan fingerprint density at radius 2 is 1.29 bits per heavy atom. The van der Waals surface area contributed by atoms with Crippen molar-refractivity contribution in [3.63, 3.8) is 0 Å². The monoisotopic (exact) mass is 463 g/mol. The molecule has 1 atom stereocenters. The molecule has 0 N–H and O–H groups in total. The average molecular weight is 464 g/mol. The number of hydrogen-bond donors (Lipinski definition) is 0. The standard InChI is InChI=1S/C28H31F2N3O/c1-21(22-6-4-3-5-7-22)31(2)20-27(34)32-16-18-33(19-17-32)28(23-8-12-25(29)13-9-23)24-10-14-26(30)15-11-24/h3-15,21,28H,16-20H2,1-2H3/t21-/m1/s1. The molecule has 1 heterocycles. The lowest BCUT2D eigenvalue weighted by molar-refractivity contribution is -0.134. The number of benzene rings is 3. The van der Waals surface area contributed by atoms with E-state index in [2.05, 4.69) is 28.9 Å². The molecular formula is C28H31F2N3O. The Bertz CT molecular complexity index is 1020. The highest BCUT2D eigenvalue weighted by Gasteiger charge is 2.29. The Morgan fingerprint density at radius 1 is 0.794 bits per heavy atom. The zero-order valence-electron chi connectivity index (χ0n) is 19.7. The minimum Gasteiger partial charge on any atom is -0.339 e. The van der Waals surface area contributed by atoms with Crippen LogP contribution >= 0.6 is 0 Å². The van der Waals surface area contributed by atoms with E-state index in [-0.39, 0.29) is 29.6 Å². The Morgan fingerprint density at radius 3 is 1.79 bits per heavy atom. The Kier molecular flexibility index (Phi) is 7.70. The van der Waals surface area contributed by atoms with Gasteiger partial charge in [0.05, 0.1) is 12.6 Å². The SMILES string of the molecule is C[C@H](c1ccccc1)N(C)CC(=O)N1CCN(C(c2ccc(F)cc2)c2ccc(F)cc2)CC1. The van der Waals surface area contributed by atoms with Crippen LogP contribution in [0.25, 0.3) is 0 Å². The van der Waals surface area contributed by atoms with Crippen molar-refractivity contribution in [1.82, 2.24) is 14.7 Å². The van der Waals surface area contributed by atoms with Crippen LogP contribution in [0.4, 0.5) is 8.78 Å². The van der Waals surface area contributed by atoms with E-state index in [0.29, 0.717) is 32.7 Å². The third-order valence-electron chi connectivity index (χ3n) is 6.73. The molecule has 1 amide bonds. The second-order valence-corrected chi connectivity index (χ2v) is 8.92. The summed E-state index contributed by atoms with van der Waals surface area (Å²) in [5, 5.41) is 0. The molecule has 178 valence electrons. The molecule has 4 rings (SSSR count). The normalized spacial score (nSPS) is 15.6. The van der Waals surface area contributed by atoms with Crippen LogP contribution in [0, 0.1) is 11.6 Å². The van der Waals surface area contributed by atoms with Gasteiger partial charge in [-0.1, -0.05) is 54.6 Å². The molecule has 1 aliphatic heterocycles. The second-order valence-electron chi connectivity index (χ2n) is 8.92. The summed E-state index contributed by atoms with van der Waals surface area (Å²) in [5.74, 6) is -0.457. The molecule has 0 spiro atoms. The van der Waals surface area contributed by atoms with Crippen LogP contribution in [0.2, 0.25) is 0 Å². The van der Waals surface area contributed by atoms with Crippen LogP contribution in [0.5, 0.6) is 0 Å². The van der Waals surface area contributed by atoms with Gasteiger partial charge in [-0.05, 0) is 54.9 Å². The minimum absolute atomic E-state index is 0.116. The Hall–Kier alpha value is -3.09. The van der Waals surface area contributed by atoms with Crippen LogP contribution in [-0.4, -0.2) is 60.4 Å². The molecule has 4 nitrogen and oxygen atoms in total. The van der Waals surface area contributed by atoms with Gasteiger partial charge in [0.1, 0.15) is 11.6 Å². The fourth-order valence-electron chi connectivity index (χ4n) is 4.57. The molecule has 0 bridgehead atoms. The summed E-state index contributed by atoms with van der Waals surface area (Å²) in [4.78, 5) is 19.3. The summed E-state index contributed by atoms with van der Waals surface area (Å²) in [6, 6.07) is 23.1. The molecule has 34 heavy (non-hydrogen) atoms. The average Bonchev–Trinajstić information content (AvgIpc) is 2.87. The van der Waals surface area contributed by atoms with Crippen molar-refractivity contribution < 1.29 is 13.6 Å². The highest BCUT2D eigenvalue weighted by Crippen LogP contribution is 2.30. The van der Waals surface area contributed by atoms with Gasteiger partial charge >= 0.3 is 0 Å². The highest BCUT2D eigenvalue weighted by molar-refractivity contribution is 5.78. The fraction of sp³-hybridized carbons (Fsp3) is 0.321. The highest BCUT2D eigenvalue weighted by atomic mass is 19.1. The van der Waals surface area contributed by atoms with Gasteiger partial charge in [-0.15, -0.1) is 0 Å². The molecule has 3 aromatic rings. The molecule has 0 aromatic heterocycles. The van der Waals surface area contributed by atoms with Gasteiger partial charge in [0, 0.05) is 32.2 Å². The quantitative estimate of drug-likeness (QED) is 0.499. The maximum atomic E-state index is 13.5. The van der Waals surface area contributed by atoms with Crippen LogP contribution in [0.15, 0.2) is 78.9 Å². The van der Waals surface area contributed by atoms with Crippen LogP contribution in [0.3, 0.4) is 0 Å². The van der Waals surface area contributed by atoms with E-state index in [0.717, 1.165) is 11.1 Å². The largest absolute Gasteiger partial charge is 0.339 e. The molecule has 1 aliphatic rings. The molecule has 0 aliphatic carbocycles. The molecule has 0 saturated carbocycles. The molecule has 1 saturated heterocycles. The number of halogens is 2. The van der Waals surface area contributed by atoms with Gasteiger partial charge < -0.3 is 4.90 Å². The number of nitrogens with zero attached hydrogens (tertiary/aromatic N) is 3. The maximum Gasteiger partial charge on any atom is 0.236 e. The van der Waals surface area contributed by atoms with Gasteiger partial charge in [-0.3, -0.25) is 14.6 Å². The van der Waals surface area contributed by atoms with Gasteiger partial charge in [-0.25, -0.2) is 8.78 Å². The topological polar surface area (TPSA) is 26.8 Å². The first-order valence-electron chi connectivity index (χ1n) is 11.7. The molecular weight excluding hydrogens is 432 g/mol. The van der Waals surface area contributed by atoms with Crippen molar-refractivity contribution in [2.24, 2.45) is 0 Å². The van der Waals surface area contributed by atoms with E-state index < -0.39 is 0 Å². The fourth-order valence-corrected chi connectivity index (χ4v) is 4.57. The zero-order chi connectivity index (χ0) is 24.1. The lowest BCUT2D eigenvalue weighted by atomic mass is 9.96. The molecule has 0 unspecified atom stereocenters. The first-order valence-corrected chi connectivity index (χ1v) is 11.7. The molecule has 6 heteroatoms. The van der Waals surface area contributed by atoms with Crippen molar-refractivity contribution >= 4 is 5.91 Å². The molecule has 3 aromatic carbocycles. The van der Waals surface area contributed by atoms with Gasteiger partial charge in [0.15, 0.2) is 0 Å². The maximum absolute atomic E-state index is 13.5. The lowest BCUT2D eigenvalue weighted by Crippen LogP contribution is -2.51. The Labute approximate surface area is 200 Å². The number of likely N-dealkylation sites (N-methyl/N-ethyl adjacent to an activating group) is 1. The number of rotatable bonds is 7. The summed E-state index contributed by atoms with van der Waals surface area (Å²) in [6.07, 6.45) is 0. The van der Waals surface area contributed by atoms with Gasteiger partial charge in [0.2, 0.25) is 5.91 Å². The van der Waals surface area contributed by atoms with Crippen molar-refractivity contribution in [2.75, 3.05) is 39.8 Å². The summed E-state index contributed by atoms with van der Waals surface area (Å²) < 4.78 is 27.1. The number of carbonyl (C=O) groups is 1. The Balaban J connectivity index is 1.41. The number of amides is 1. The zero-order valence-corrected chi connectivity index (χ0v) is 19.7. The lowest BCUT2D eigenvalue weighted by Gasteiger charge is -2.40. The first kappa shape index (κ1) is 24.0. The van der Waals surface area contributed by atoms with E-state index in [1.165, 1.54) is 29.8 Å². The van der Waals surface area contributed by atoms with Crippen molar-refractivity contribution in [1.29, 1.82) is 0 Å². The third-order valence-corrected chi connectivity index (χ3v) is 6.73. The predicted molar refractivity (Wildman–Crippen MR) is 130 cm³/mol. The van der Waals surface area contributed by atoms with Crippen molar-refractivity contribution in [3.05, 3.63) is 107 Å². The summed E-state index contributed by atoms with van der Waals surface area (Å²) in [6.45, 7) is 5.06. The summed E-state index contributed by atoms with van der Waals surface area (Å²) in [7, 11) is 1.98. The smallest absolute Gasteiger partial charge is 0.236 e. The van der Waals surface area contributed by atoms with Crippen LogP contribution < -0.4 is 0 Å². The van der Waals surface area contributed by atoms with Crippen LogP contribution in [0.1, 0.15) is 35.7 Å². The first-order chi connectivity index (χ1) is 16.4. The molecule has 1 fully saturated rings. The van der Waals surface area contributed by atoms with Crippen molar-refractivity contribution in [3.8, 4) is 0 Å². The van der Waals surface area contributed by atoms with E-state index in [4.69, 9.17) is 0 Å². The summed E-state index contributed by atoms with van der Waals surface area (Å²) >= 11 is 0.